The van der Waals surface area contributed by atoms with Gasteiger partial charge in [0.15, 0.2) is 0 Å². The maximum atomic E-state index is 3.53. The molecule has 0 atom stereocenters. The minimum absolute atomic E-state index is 0.555. The Morgan fingerprint density at radius 1 is 1.25 bits per heavy atom. The molecule has 0 saturated heterocycles. The van der Waals surface area contributed by atoms with Gasteiger partial charge in [0.05, 0.1) is 0 Å². The smallest absolute Gasteiger partial charge is 0.0239 e. The van der Waals surface area contributed by atoms with E-state index in [1.54, 1.807) is 0 Å². The number of hydrogen-bond donors (Lipinski definition) is 0. The van der Waals surface area contributed by atoms with Crippen LogP contribution in [0.4, 0.5) is 0 Å². The van der Waals surface area contributed by atoms with E-state index in [1.165, 1.54) is 37.7 Å². The lowest BCUT2D eigenvalue weighted by atomic mass is 9.67. The van der Waals surface area contributed by atoms with Gasteiger partial charge in [-0.15, -0.1) is 0 Å². The van der Waals surface area contributed by atoms with Crippen molar-refractivity contribution in [2.24, 2.45) is 17.3 Å². The third-order valence-corrected chi connectivity index (χ3v) is 5.40. The Labute approximate surface area is 110 Å². The summed E-state index contributed by atoms with van der Waals surface area (Å²) in [6, 6.07) is 0. The lowest BCUT2D eigenvalue weighted by Crippen LogP contribution is -2.27. The van der Waals surface area contributed by atoms with Crippen LogP contribution in [0.3, 0.4) is 0 Å². The molecule has 0 aliphatic heterocycles. The molecule has 0 nitrogen and oxygen atoms in total. The van der Waals surface area contributed by atoms with Crippen molar-refractivity contribution in [1.82, 2.24) is 0 Å². The number of alkyl halides is 1. The predicted molar refractivity (Wildman–Crippen MR) is 77.1 cm³/mol. The van der Waals surface area contributed by atoms with Gasteiger partial charge in [-0.2, -0.15) is 0 Å². The Kier molecular flexibility index (Phi) is 5.56. The van der Waals surface area contributed by atoms with Gasteiger partial charge < -0.3 is 0 Å². The van der Waals surface area contributed by atoms with Gasteiger partial charge in [-0.05, 0) is 49.9 Å². The topological polar surface area (TPSA) is 0 Å². The van der Waals surface area contributed by atoms with Crippen molar-refractivity contribution >= 4 is 15.9 Å². The Hall–Kier alpha value is 0.220. The van der Waals surface area contributed by atoms with Gasteiger partial charge in [-0.3, -0.25) is 0 Å². The fraction of sp³-hybridized carbons (Fsp3) is 0.867. The molecule has 0 spiro atoms. The van der Waals surface area contributed by atoms with Gasteiger partial charge in [0, 0.05) is 5.33 Å². The first-order valence-electron chi connectivity index (χ1n) is 6.73. The molecule has 1 aliphatic carbocycles. The third-order valence-electron chi connectivity index (χ3n) is 4.52. The van der Waals surface area contributed by atoms with Crippen LogP contribution in [0.1, 0.15) is 59.8 Å². The van der Waals surface area contributed by atoms with Crippen molar-refractivity contribution < 1.29 is 0 Å². The second kappa shape index (κ2) is 6.23. The summed E-state index contributed by atoms with van der Waals surface area (Å²) in [6.45, 7) is 9.45. The molecule has 0 heterocycles. The summed E-state index contributed by atoms with van der Waals surface area (Å²) in [5.41, 5.74) is 2.05. The van der Waals surface area contributed by atoms with Crippen molar-refractivity contribution in [1.29, 1.82) is 0 Å². The molecule has 1 aliphatic rings. The maximum absolute atomic E-state index is 3.53. The lowest BCUT2D eigenvalue weighted by molar-refractivity contribution is 0.138. The summed E-state index contributed by atoms with van der Waals surface area (Å²) in [4.78, 5) is 0. The second-order valence-electron chi connectivity index (χ2n) is 6.10. The molecule has 0 bridgehead atoms. The van der Waals surface area contributed by atoms with Crippen molar-refractivity contribution in [2.75, 3.05) is 5.33 Å². The van der Waals surface area contributed by atoms with Gasteiger partial charge in [-0.1, -0.05) is 54.8 Å². The van der Waals surface area contributed by atoms with Gasteiger partial charge in [0.1, 0.15) is 0 Å². The third kappa shape index (κ3) is 3.91. The highest BCUT2D eigenvalue weighted by atomic mass is 79.9. The highest BCUT2D eigenvalue weighted by Gasteiger charge is 2.31. The van der Waals surface area contributed by atoms with Crippen LogP contribution in [-0.4, -0.2) is 5.33 Å². The second-order valence-corrected chi connectivity index (χ2v) is 6.66. The molecule has 0 radical (unpaired) electrons. The van der Waals surface area contributed by atoms with E-state index in [2.05, 4.69) is 49.7 Å². The molecule has 16 heavy (non-hydrogen) atoms. The fourth-order valence-corrected chi connectivity index (χ4v) is 2.99. The van der Waals surface area contributed by atoms with Crippen LogP contribution >= 0.6 is 15.9 Å². The zero-order valence-corrected chi connectivity index (χ0v) is 12.9. The SMILES string of the molecule is CCC(C)(C)C1CCC(C=C(C)CBr)CC1. The summed E-state index contributed by atoms with van der Waals surface area (Å²) in [5, 5.41) is 1.04. The monoisotopic (exact) mass is 286 g/mol. The van der Waals surface area contributed by atoms with E-state index in [-0.39, 0.29) is 0 Å². The molecular formula is C15H27Br. The summed E-state index contributed by atoms with van der Waals surface area (Å²) < 4.78 is 0. The molecule has 0 amide bonds. The van der Waals surface area contributed by atoms with Crippen molar-refractivity contribution in [3.8, 4) is 0 Å². The molecular weight excluding hydrogens is 260 g/mol. The highest BCUT2D eigenvalue weighted by molar-refractivity contribution is 9.09. The Morgan fingerprint density at radius 3 is 2.25 bits per heavy atom. The first kappa shape index (κ1) is 14.3. The average Bonchev–Trinajstić information content (AvgIpc) is 2.29. The van der Waals surface area contributed by atoms with Gasteiger partial charge >= 0.3 is 0 Å². The molecule has 0 unspecified atom stereocenters. The van der Waals surface area contributed by atoms with Crippen LogP contribution in [0, 0.1) is 17.3 Å². The van der Waals surface area contributed by atoms with Crippen LogP contribution in [0.25, 0.3) is 0 Å². The van der Waals surface area contributed by atoms with Crippen LogP contribution in [0.2, 0.25) is 0 Å². The van der Waals surface area contributed by atoms with Gasteiger partial charge in [0.2, 0.25) is 0 Å². The molecule has 0 N–H and O–H groups in total. The maximum Gasteiger partial charge on any atom is 0.0239 e. The Balaban J connectivity index is 2.46. The van der Waals surface area contributed by atoms with Crippen LogP contribution in [-0.2, 0) is 0 Å². The predicted octanol–water partition coefficient (Wildman–Crippen LogP) is 5.57. The Bertz CT molecular complexity index is 232. The van der Waals surface area contributed by atoms with E-state index < -0.39 is 0 Å². The first-order chi connectivity index (χ1) is 7.49. The molecule has 1 saturated carbocycles. The zero-order valence-electron chi connectivity index (χ0n) is 11.4. The molecule has 1 fully saturated rings. The number of halogens is 1. The molecule has 0 aromatic heterocycles. The van der Waals surface area contributed by atoms with E-state index in [4.69, 9.17) is 0 Å². The molecule has 94 valence electrons. The molecule has 1 heteroatoms. The lowest BCUT2D eigenvalue weighted by Gasteiger charge is -2.38. The van der Waals surface area contributed by atoms with Crippen LogP contribution in [0.15, 0.2) is 11.6 Å². The van der Waals surface area contributed by atoms with E-state index in [0.29, 0.717) is 5.41 Å². The van der Waals surface area contributed by atoms with Crippen LogP contribution < -0.4 is 0 Å². The van der Waals surface area contributed by atoms with E-state index in [1.807, 2.05) is 0 Å². The number of allylic oxidation sites excluding steroid dienone is 2. The van der Waals surface area contributed by atoms with E-state index in [9.17, 15) is 0 Å². The minimum atomic E-state index is 0.555. The first-order valence-corrected chi connectivity index (χ1v) is 7.85. The van der Waals surface area contributed by atoms with Gasteiger partial charge in [-0.25, -0.2) is 0 Å². The molecule has 1 rings (SSSR count). The molecule has 0 aromatic carbocycles. The zero-order chi connectivity index (χ0) is 12.2. The van der Waals surface area contributed by atoms with E-state index in [0.717, 1.165) is 17.2 Å². The normalized spacial score (nSPS) is 28.2. The minimum Gasteiger partial charge on any atom is -0.0880 e. The average molecular weight is 287 g/mol. The molecule has 0 aromatic rings. The Morgan fingerprint density at radius 2 is 1.81 bits per heavy atom. The largest absolute Gasteiger partial charge is 0.0880 e. The quantitative estimate of drug-likeness (QED) is 0.468. The van der Waals surface area contributed by atoms with E-state index >= 15 is 0 Å². The summed E-state index contributed by atoms with van der Waals surface area (Å²) in [5.74, 6) is 1.80. The number of rotatable bonds is 4. The summed E-state index contributed by atoms with van der Waals surface area (Å²) >= 11 is 3.53. The highest BCUT2D eigenvalue weighted by Crippen LogP contribution is 2.42. The summed E-state index contributed by atoms with van der Waals surface area (Å²) in [6.07, 6.45) is 9.47. The number of hydrogen-bond acceptors (Lipinski definition) is 0. The summed E-state index contributed by atoms with van der Waals surface area (Å²) in [7, 11) is 0. The van der Waals surface area contributed by atoms with Crippen molar-refractivity contribution in [3.05, 3.63) is 11.6 Å². The fourth-order valence-electron chi connectivity index (χ4n) is 2.80. The standard InChI is InChI=1S/C15H27Br/c1-5-15(3,4)14-8-6-13(7-9-14)10-12(2)11-16/h10,13-14H,5-9,11H2,1-4H3. The van der Waals surface area contributed by atoms with Crippen molar-refractivity contribution in [2.45, 2.75) is 59.8 Å². The van der Waals surface area contributed by atoms with Gasteiger partial charge in [0.25, 0.3) is 0 Å². The van der Waals surface area contributed by atoms with Crippen molar-refractivity contribution in [3.63, 3.8) is 0 Å². The van der Waals surface area contributed by atoms with Crippen LogP contribution in [0.5, 0.6) is 0 Å².